The molecule has 0 fully saturated rings. The van der Waals surface area contributed by atoms with Crippen LogP contribution in [0.25, 0.3) is 11.5 Å². The Morgan fingerprint density at radius 3 is 2.77 bits per heavy atom. The van der Waals surface area contributed by atoms with Crippen molar-refractivity contribution in [3.63, 3.8) is 0 Å². The van der Waals surface area contributed by atoms with E-state index in [9.17, 15) is 4.79 Å². The van der Waals surface area contributed by atoms with E-state index in [1.807, 2.05) is 26.0 Å². The van der Waals surface area contributed by atoms with Crippen molar-refractivity contribution >= 4 is 5.97 Å². The van der Waals surface area contributed by atoms with Crippen LogP contribution in [0.15, 0.2) is 39.2 Å². The second kappa shape index (κ2) is 6.55. The Labute approximate surface area is 148 Å². The number of para-hydroxylation sites is 2. The van der Waals surface area contributed by atoms with Crippen molar-refractivity contribution in [1.82, 2.24) is 10.2 Å². The van der Waals surface area contributed by atoms with Crippen LogP contribution in [-0.2, 0) is 16.1 Å². The van der Waals surface area contributed by atoms with Gasteiger partial charge in [-0.1, -0.05) is 12.1 Å². The number of fused-ring (bicyclic) bond motifs is 1. The van der Waals surface area contributed by atoms with Crippen molar-refractivity contribution < 1.29 is 27.8 Å². The first-order valence-corrected chi connectivity index (χ1v) is 8.05. The highest BCUT2D eigenvalue weighted by atomic mass is 16.6. The lowest BCUT2D eigenvalue weighted by Gasteiger charge is -2.24. The molecule has 4 rings (SSSR count). The van der Waals surface area contributed by atoms with Gasteiger partial charge in [0.1, 0.15) is 18.1 Å². The Morgan fingerprint density at radius 2 is 2.00 bits per heavy atom. The standard InChI is InChI=1S/C18H16N2O6/c1-10-7-12(11(2)24-10)17-20-19-16(26-17)9-23-18(21)15-8-22-13-5-3-4-6-14(13)25-15/h3-7,15H,8-9H2,1-2H3/t15-/m0/s1. The molecule has 26 heavy (non-hydrogen) atoms. The van der Waals surface area contributed by atoms with Gasteiger partial charge in [0.25, 0.3) is 11.8 Å². The minimum Gasteiger partial charge on any atom is -0.485 e. The van der Waals surface area contributed by atoms with Gasteiger partial charge in [0.2, 0.25) is 6.10 Å². The van der Waals surface area contributed by atoms with Gasteiger partial charge in [-0.05, 0) is 32.0 Å². The maximum atomic E-state index is 12.2. The topological polar surface area (TPSA) is 96.8 Å². The van der Waals surface area contributed by atoms with E-state index in [4.69, 9.17) is 23.0 Å². The van der Waals surface area contributed by atoms with Gasteiger partial charge < -0.3 is 23.0 Å². The molecule has 1 aromatic carbocycles. The molecule has 8 nitrogen and oxygen atoms in total. The molecule has 0 aliphatic carbocycles. The number of aromatic nitrogens is 2. The van der Waals surface area contributed by atoms with E-state index in [2.05, 4.69) is 10.2 Å². The van der Waals surface area contributed by atoms with Gasteiger partial charge in [0, 0.05) is 0 Å². The molecule has 0 amide bonds. The Bertz CT molecular complexity index is 945. The summed E-state index contributed by atoms with van der Waals surface area (Å²) in [5.41, 5.74) is 0.716. The maximum absolute atomic E-state index is 12.2. The third kappa shape index (κ3) is 3.13. The van der Waals surface area contributed by atoms with Crippen molar-refractivity contribution in [3.05, 3.63) is 47.7 Å². The summed E-state index contributed by atoms with van der Waals surface area (Å²) < 4.78 is 27.3. The zero-order chi connectivity index (χ0) is 18.1. The summed E-state index contributed by atoms with van der Waals surface area (Å²) in [5.74, 6) is 2.48. The number of ether oxygens (including phenoxy) is 3. The number of aryl methyl sites for hydroxylation is 2. The lowest BCUT2D eigenvalue weighted by Crippen LogP contribution is -2.37. The molecule has 0 spiro atoms. The quantitative estimate of drug-likeness (QED) is 0.658. The normalized spacial score (nSPS) is 15.7. The number of carbonyl (C=O) groups excluding carboxylic acids is 1. The number of benzene rings is 1. The largest absolute Gasteiger partial charge is 0.485 e. The number of esters is 1. The monoisotopic (exact) mass is 356 g/mol. The molecule has 1 aliphatic heterocycles. The summed E-state index contributed by atoms with van der Waals surface area (Å²) in [4.78, 5) is 12.2. The zero-order valence-electron chi connectivity index (χ0n) is 14.2. The van der Waals surface area contributed by atoms with Crippen LogP contribution in [-0.4, -0.2) is 28.9 Å². The van der Waals surface area contributed by atoms with Crippen molar-refractivity contribution in [2.45, 2.75) is 26.6 Å². The molecule has 0 unspecified atom stereocenters. The second-order valence-corrected chi connectivity index (χ2v) is 5.80. The Balaban J connectivity index is 1.38. The highest BCUT2D eigenvalue weighted by molar-refractivity contribution is 5.75. The lowest BCUT2D eigenvalue weighted by molar-refractivity contribution is -0.156. The molecular weight excluding hydrogens is 340 g/mol. The maximum Gasteiger partial charge on any atom is 0.351 e. The van der Waals surface area contributed by atoms with E-state index in [-0.39, 0.29) is 19.1 Å². The fraction of sp³-hybridized carbons (Fsp3) is 0.278. The third-order valence-corrected chi connectivity index (χ3v) is 3.85. The van der Waals surface area contributed by atoms with Gasteiger partial charge in [-0.3, -0.25) is 0 Å². The minimum atomic E-state index is -0.842. The van der Waals surface area contributed by atoms with Gasteiger partial charge in [0.05, 0.1) is 5.56 Å². The number of rotatable bonds is 4. The molecule has 0 radical (unpaired) electrons. The molecular formula is C18H16N2O6. The van der Waals surface area contributed by atoms with Crippen LogP contribution in [0, 0.1) is 13.8 Å². The van der Waals surface area contributed by atoms with Crippen LogP contribution < -0.4 is 9.47 Å². The number of furan rings is 1. The van der Waals surface area contributed by atoms with Crippen LogP contribution in [0.1, 0.15) is 17.4 Å². The van der Waals surface area contributed by atoms with Crippen molar-refractivity contribution in [2.75, 3.05) is 6.61 Å². The van der Waals surface area contributed by atoms with Crippen LogP contribution in [0.4, 0.5) is 0 Å². The second-order valence-electron chi connectivity index (χ2n) is 5.80. The summed E-state index contributed by atoms with van der Waals surface area (Å²) in [6, 6.07) is 8.95. The highest BCUT2D eigenvalue weighted by Gasteiger charge is 2.29. The summed E-state index contributed by atoms with van der Waals surface area (Å²) in [7, 11) is 0. The first-order valence-electron chi connectivity index (χ1n) is 8.05. The summed E-state index contributed by atoms with van der Waals surface area (Å²) in [5, 5.41) is 7.85. The van der Waals surface area contributed by atoms with E-state index in [0.717, 1.165) is 5.76 Å². The Morgan fingerprint density at radius 1 is 1.19 bits per heavy atom. The third-order valence-electron chi connectivity index (χ3n) is 3.85. The molecule has 3 heterocycles. The predicted octanol–water partition coefficient (Wildman–Crippen LogP) is 2.83. The minimum absolute atomic E-state index is 0.0818. The Hall–Kier alpha value is -3.29. The fourth-order valence-electron chi connectivity index (χ4n) is 2.63. The zero-order valence-corrected chi connectivity index (χ0v) is 14.2. The first kappa shape index (κ1) is 16.2. The molecule has 134 valence electrons. The number of hydrogen-bond donors (Lipinski definition) is 0. The van der Waals surface area contributed by atoms with Crippen molar-refractivity contribution in [2.24, 2.45) is 0 Å². The predicted molar refractivity (Wildman–Crippen MR) is 87.6 cm³/mol. The van der Waals surface area contributed by atoms with Gasteiger partial charge in [0.15, 0.2) is 18.1 Å². The number of nitrogens with zero attached hydrogens (tertiary/aromatic N) is 2. The van der Waals surface area contributed by atoms with Gasteiger partial charge in [-0.2, -0.15) is 0 Å². The smallest absolute Gasteiger partial charge is 0.351 e. The Kier molecular flexibility index (Phi) is 4.08. The molecule has 0 saturated carbocycles. The number of carbonyl (C=O) groups is 1. The van der Waals surface area contributed by atoms with Gasteiger partial charge in [-0.15, -0.1) is 10.2 Å². The molecule has 0 bridgehead atoms. The van der Waals surface area contributed by atoms with Crippen LogP contribution in [0.5, 0.6) is 11.5 Å². The molecule has 3 aromatic rings. The summed E-state index contributed by atoms with van der Waals surface area (Å²) in [6.45, 7) is 3.58. The fourth-order valence-corrected chi connectivity index (χ4v) is 2.63. The van der Waals surface area contributed by atoms with E-state index in [1.165, 1.54) is 0 Å². The average Bonchev–Trinajstić information content (AvgIpc) is 3.25. The number of hydrogen-bond acceptors (Lipinski definition) is 8. The van der Waals surface area contributed by atoms with E-state index >= 15 is 0 Å². The molecule has 1 aliphatic rings. The van der Waals surface area contributed by atoms with Crippen molar-refractivity contribution in [3.8, 4) is 23.0 Å². The first-order chi connectivity index (χ1) is 12.6. The van der Waals surface area contributed by atoms with E-state index in [1.54, 1.807) is 18.2 Å². The molecule has 1 atom stereocenters. The summed E-state index contributed by atoms with van der Waals surface area (Å²) >= 11 is 0. The van der Waals surface area contributed by atoms with Gasteiger partial charge in [-0.25, -0.2) is 4.79 Å². The SMILES string of the molecule is Cc1cc(-c2nnc(COC(=O)[C@@H]3COc4ccccc4O3)o2)c(C)o1. The average molecular weight is 356 g/mol. The van der Waals surface area contributed by atoms with Crippen LogP contribution in [0.2, 0.25) is 0 Å². The molecule has 0 N–H and O–H groups in total. The molecule has 8 heteroatoms. The molecule has 0 saturated heterocycles. The summed E-state index contributed by atoms with van der Waals surface area (Å²) in [6.07, 6.45) is -0.842. The van der Waals surface area contributed by atoms with E-state index < -0.39 is 12.1 Å². The van der Waals surface area contributed by atoms with Crippen LogP contribution >= 0.6 is 0 Å². The molecule has 2 aromatic heterocycles. The van der Waals surface area contributed by atoms with E-state index in [0.29, 0.717) is 28.7 Å². The highest BCUT2D eigenvalue weighted by Crippen LogP contribution is 2.31. The lowest BCUT2D eigenvalue weighted by atomic mass is 10.2. The van der Waals surface area contributed by atoms with Crippen molar-refractivity contribution in [1.29, 1.82) is 0 Å². The van der Waals surface area contributed by atoms with Gasteiger partial charge >= 0.3 is 5.97 Å². The van der Waals surface area contributed by atoms with Crippen LogP contribution in [0.3, 0.4) is 0 Å².